The van der Waals surface area contributed by atoms with Gasteiger partial charge in [0.2, 0.25) is 0 Å². The quantitative estimate of drug-likeness (QED) is 0.247. The van der Waals surface area contributed by atoms with Crippen LogP contribution in [0.25, 0.3) is 31.6 Å². The van der Waals surface area contributed by atoms with Crippen LogP contribution in [-0.2, 0) is 9.53 Å². The first-order valence-corrected chi connectivity index (χ1v) is 12.4. The molecule has 174 valence electrons. The van der Waals surface area contributed by atoms with E-state index in [-0.39, 0.29) is 0 Å². The first kappa shape index (κ1) is 23.0. The first-order chi connectivity index (χ1) is 17.0. The van der Waals surface area contributed by atoms with Gasteiger partial charge in [-0.2, -0.15) is 0 Å². The fourth-order valence-electron chi connectivity index (χ4n) is 3.95. The molecule has 0 fully saturated rings. The topological polar surface area (TPSA) is 68.3 Å². The predicted molar refractivity (Wildman–Crippen MR) is 142 cm³/mol. The van der Waals surface area contributed by atoms with Gasteiger partial charge in [-0.05, 0) is 54.3 Å². The Labute approximate surface area is 211 Å². The molecule has 0 aliphatic carbocycles. The van der Waals surface area contributed by atoms with Crippen LogP contribution >= 0.6 is 22.9 Å². The summed E-state index contributed by atoms with van der Waals surface area (Å²) in [6.45, 7) is 1.80. The van der Waals surface area contributed by atoms with Crippen molar-refractivity contribution in [1.29, 1.82) is 0 Å². The zero-order chi connectivity index (χ0) is 24.4. The number of benzene rings is 4. The number of carbonyl (C=O) groups excluding carboxylic acids is 2. The normalized spacial score (nSPS) is 11.9. The van der Waals surface area contributed by atoms with Crippen LogP contribution in [0.1, 0.15) is 23.7 Å². The van der Waals surface area contributed by atoms with Crippen molar-refractivity contribution in [1.82, 2.24) is 4.98 Å². The zero-order valence-corrected chi connectivity index (χ0v) is 20.4. The number of halogens is 1. The standard InChI is InChI=1S/C28H21ClN2O3S/c1-2-23(26(32)30-19-15-13-18(29)14-16-19)34-28(33)21-10-6-8-17-7-5-9-20(25(17)21)27-31-22-11-3-4-12-24(22)35-27/h3-16,23H,2H2,1H3,(H,30,32). The average Bonchev–Trinajstić information content (AvgIpc) is 3.32. The Morgan fingerprint density at radius 2 is 1.71 bits per heavy atom. The molecule has 5 aromatic rings. The van der Waals surface area contributed by atoms with Crippen molar-refractivity contribution in [3.05, 3.63) is 95.5 Å². The number of rotatable bonds is 6. The van der Waals surface area contributed by atoms with Crippen molar-refractivity contribution in [2.24, 2.45) is 0 Å². The number of nitrogens with one attached hydrogen (secondary N) is 1. The summed E-state index contributed by atoms with van der Waals surface area (Å²) in [6, 6.07) is 26.1. The molecule has 7 heteroatoms. The number of carbonyl (C=O) groups is 2. The van der Waals surface area contributed by atoms with Gasteiger partial charge >= 0.3 is 5.97 Å². The molecule has 0 saturated carbocycles. The molecule has 0 radical (unpaired) electrons. The second-order valence-electron chi connectivity index (χ2n) is 7.99. The van der Waals surface area contributed by atoms with Crippen molar-refractivity contribution in [3.63, 3.8) is 0 Å². The highest BCUT2D eigenvalue weighted by Crippen LogP contribution is 2.36. The molecular formula is C28H21ClN2O3S. The number of ether oxygens (including phenoxy) is 1. The van der Waals surface area contributed by atoms with Gasteiger partial charge in [0.05, 0.1) is 15.8 Å². The molecule has 4 aromatic carbocycles. The third-order valence-corrected chi connectivity index (χ3v) is 6.99. The van der Waals surface area contributed by atoms with Crippen LogP contribution in [0, 0.1) is 0 Å². The lowest BCUT2D eigenvalue weighted by Gasteiger charge is -2.17. The van der Waals surface area contributed by atoms with E-state index in [1.165, 1.54) is 0 Å². The summed E-state index contributed by atoms with van der Waals surface area (Å²) in [6.07, 6.45) is -0.608. The molecule has 5 nitrogen and oxygen atoms in total. The second-order valence-corrected chi connectivity index (χ2v) is 9.46. The molecule has 5 rings (SSSR count). The molecule has 0 bridgehead atoms. The number of aromatic nitrogens is 1. The number of hydrogen-bond donors (Lipinski definition) is 1. The molecule has 0 aliphatic rings. The lowest BCUT2D eigenvalue weighted by molar-refractivity contribution is -0.124. The van der Waals surface area contributed by atoms with Gasteiger partial charge < -0.3 is 10.1 Å². The summed E-state index contributed by atoms with van der Waals surface area (Å²) >= 11 is 7.49. The number of anilines is 1. The molecule has 1 amide bonds. The number of thiazole rings is 1. The summed E-state index contributed by atoms with van der Waals surface area (Å²) in [5.41, 5.74) is 2.75. The molecule has 1 N–H and O–H groups in total. The number of esters is 1. The summed E-state index contributed by atoms with van der Waals surface area (Å²) in [4.78, 5) is 31.0. The summed E-state index contributed by atoms with van der Waals surface area (Å²) in [7, 11) is 0. The van der Waals surface area contributed by atoms with E-state index in [0.717, 1.165) is 31.6 Å². The lowest BCUT2D eigenvalue weighted by Crippen LogP contribution is -2.32. The van der Waals surface area contributed by atoms with Crippen LogP contribution in [0.15, 0.2) is 84.9 Å². The molecule has 1 heterocycles. The summed E-state index contributed by atoms with van der Waals surface area (Å²) in [5.74, 6) is -0.947. The number of para-hydroxylation sites is 1. The highest BCUT2D eigenvalue weighted by Gasteiger charge is 2.24. The van der Waals surface area contributed by atoms with E-state index in [9.17, 15) is 9.59 Å². The van der Waals surface area contributed by atoms with Crippen molar-refractivity contribution in [2.75, 3.05) is 5.32 Å². The number of fused-ring (bicyclic) bond motifs is 2. The van der Waals surface area contributed by atoms with E-state index in [1.54, 1.807) is 48.6 Å². The molecule has 1 atom stereocenters. The molecule has 35 heavy (non-hydrogen) atoms. The Morgan fingerprint density at radius 1 is 0.971 bits per heavy atom. The van der Waals surface area contributed by atoms with Crippen molar-refractivity contribution >= 4 is 61.5 Å². The SMILES string of the molecule is CCC(OC(=O)c1cccc2cccc(-c3nc4ccccc4s3)c12)C(=O)Nc1ccc(Cl)cc1. The van der Waals surface area contributed by atoms with Gasteiger partial charge in [-0.1, -0.05) is 61.0 Å². The van der Waals surface area contributed by atoms with Gasteiger partial charge in [0, 0.05) is 21.7 Å². The number of nitrogens with zero attached hydrogens (tertiary/aromatic N) is 1. The third kappa shape index (κ3) is 4.76. The zero-order valence-electron chi connectivity index (χ0n) is 18.8. The largest absolute Gasteiger partial charge is 0.449 e. The van der Waals surface area contributed by atoms with Crippen LogP contribution in [0.5, 0.6) is 0 Å². The Balaban J connectivity index is 1.47. The van der Waals surface area contributed by atoms with E-state index in [4.69, 9.17) is 21.3 Å². The van der Waals surface area contributed by atoms with Crippen molar-refractivity contribution in [3.8, 4) is 10.6 Å². The van der Waals surface area contributed by atoms with Gasteiger partial charge in [0.15, 0.2) is 6.10 Å². The maximum atomic E-state index is 13.3. The van der Waals surface area contributed by atoms with E-state index in [1.807, 2.05) is 54.6 Å². The first-order valence-electron chi connectivity index (χ1n) is 11.2. The molecule has 0 saturated heterocycles. The van der Waals surface area contributed by atoms with E-state index >= 15 is 0 Å². The Bertz CT molecular complexity index is 1510. The van der Waals surface area contributed by atoms with Crippen molar-refractivity contribution in [2.45, 2.75) is 19.4 Å². The second kappa shape index (κ2) is 9.86. The minimum atomic E-state index is -0.942. The molecule has 1 unspecified atom stereocenters. The molecular weight excluding hydrogens is 480 g/mol. The lowest BCUT2D eigenvalue weighted by atomic mass is 9.99. The van der Waals surface area contributed by atoms with Crippen LogP contribution < -0.4 is 5.32 Å². The maximum absolute atomic E-state index is 13.3. The monoisotopic (exact) mass is 500 g/mol. The van der Waals surface area contributed by atoms with Gasteiger partial charge in [0.1, 0.15) is 5.01 Å². The Hall–Kier alpha value is -3.74. The van der Waals surface area contributed by atoms with E-state index < -0.39 is 18.0 Å². The number of amides is 1. The molecule has 1 aromatic heterocycles. The summed E-state index contributed by atoms with van der Waals surface area (Å²) < 4.78 is 6.78. The van der Waals surface area contributed by atoms with Gasteiger partial charge in [0.25, 0.3) is 5.91 Å². The van der Waals surface area contributed by atoms with Crippen LogP contribution in [0.2, 0.25) is 5.02 Å². The Morgan fingerprint density at radius 3 is 2.46 bits per heavy atom. The van der Waals surface area contributed by atoms with Crippen molar-refractivity contribution < 1.29 is 14.3 Å². The summed E-state index contributed by atoms with van der Waals surface area (Å²) in [5, 5.41) is 5.83. The van der Waals surface area contributed by atoms with Crippen LogP contribution in [0.4, 0.5) is 5.69 Å². The third-order valence-electron chi connectivity index (χ3n) is 5.67. The molecule has 0 spiro atoms. The smallest absolute Gasteiger partial charge is 0.339 e. The van der Waals surface area contributed by atoms with Gasteiger partial charge in [-0.15, -0.1) is 11.3 Å². The van der Waals surface area contributed by atoms with E-state index in [0.29, 0.717) is 22.7 Å². The number of hydrogen-bond acceptors (Lipinski definition) is 5. The minimum Gasteiger partial charge on any atom is -0.449 e. The maximum Gasteiger partial charge on any atom is 0.339 e. The highest BCUT2D eigenvalue weighted by atomic mass is 35.5. The minimum absolute atomic E-state index is 0.334. The average molecular weight is 501 g/mol. The molecule has 0 aliphatic heterocycles. The fourth-order valence-corrected chi connectivity index (χ4v) is 5.07. The Kier molecular flexibility index (Phi) is 6.49. The van der Waals surface area contributed by atoms with Gasteiger partial charge in [-0.3, -0.25) is 4.79 Å². The van der Waals surface area contributed by atoms with E-state index in [2.05, 4.69) is 5.32 Å². The van der Waals surface area contributed by atoms with Gasteiger partial charge in [-0.25, -0.2) is 9.78 Å². The van der Waals surface area contributed by atoms with Crippen LogP contribution in [0.3, 0.4) is 0 Å². The predicted octanol–water partition coefficient (Wildman–Crippen LogP) is 7.34. The van der Waals surface area contributed by atoms with Crippen LogP contribution in [-0.4, -0.2) is 23.0 Å². The fraction of sp³-hybridized carbons (Fsp3) is 0.107. The highest BCUT2D eigenvalue weighted by molar-refractivity contribution is 7.21.